The minimum atomic E-state index is -0.367. The van der Waals surface area contributed by atoms with Gasteiger partial charge >= 0.3 is 0 Å². The van der Waals surface area contributed by atoms with Crippen molar-refractivity contribution in [1.82, 2.24) is 0 Å². The topological polar surface area (TPSA) is 49.7 Å². The summed E-state index contributed by atoms with van der Waals surface area (Å²) < 4.78 is 5.51. The molecular formula is C22H40O3. The Bertz CT molecular complexity index is 395. The molecule has 0 aromatic carbocycles. The van der Waals surface area contributed by atoms with Crippen molar-refractivity contribution in [3.05, 3.63) is 12.2 Å². The van der Waals surface area contributed by atoms with Gasteiger partial charge in [-0.2, -0.15) is 0 Å². The Morgan fingerprint density at radius 3 is 2.72 bits per heavy atom. The van der Waals surface area contributed by atoms with E-state index >= 15 is 0 Å². The smallest absolute Gasteiger partial charge is 0.0723 e. The van der Waals surface area contributed by atoms with Crippen LogP contribution >= 0.6 is 0 Å². The van der Waals surface area contributed by atoms with Crippen molar-refractivity contribution in [1.29, 1.82) is 0 Å². The molecule has 2 aliphatic rings. The van der Waals surface area contributed by atoms with Gasteiger partial charge in [-0.05, 0) is 62.7 Å². The normalized spacial score (nSPS) is 34.5. The summed E-state index contributed by atoms with van der Waals surface area (Å²) in [6.07, 6.45) is 12.6. The second-order valence-electron chi connectivity index (χ2n) is 8.56. The van der Waals surface area contributed by atoms with Crippen LogP contribution in [0.2, 0.25) is 0 Å². The van der Waals surface area contributed by atoms with E-state index in [-0.39, 0.29) is 18.1 Å². The van der Waals surface area contributed by atoms with E-state index in [0.717, 1.165) is 38.4 Å². The van der Waals surface area contributed by atoms with Crippen LogP contribution in [0.25, 0.3) is 0 Å². The Balaban J connectivity index is 1.80. The molecule has 0 amide bonds. The molecule has 25 heavy (non-hydrogen) atoms. The van der Waals surface area contributed by atoms with Crippen molar-refractivity contribution in [2.75, 3.05) is 13.2 Å². The molecule has 0 spiro atoms. The van der Waals surface area contributed by atoms with Gasteiger partial charge < -0.3 is 14.9 Å². The van der Waals surface area contributed by atoms with Crippen molar-refractivity contribution in [3.63, 3.8) is 0 Å². The molecule has 2 aliphatic carbocycles. The number of unbranched alkanes of at least 4 members (excludes halogenated alkanes) is 1. The quantitative estimate of drug-likeness (QED) is 0.423. The van der Waals surface area contributed by atoms with Crippen LogP contribution in [-0.4, -0.2) is 35.6 Å². The maximum Gasteiger partial charge on any atom is 0.0723 e. The molecular weight excluding hydrogens is 312 g/mol. The zero-order valence-corrected chi connectivity index (χ0v) is 16.6. The Hall–Kier alpha value is -0.380. The lowest BCUT2D eigenvalue weighted by atomic mass is 9.89. The molecule has 0 aliphatic heterocycles. The summed E-state index contributed by atoms with van der Waals surface area (Å²) >= 11 is 0. The molecule has 0 heterocycles. The standard InChI is InChI=1S/C22H40O3/c1-4-6-7-16(3)12-19(23)8-9-20-21-14-17(10-11-25-5-2)13-18(21)15-22(20)24/h8-9,16-24H,4-7,10-15H2,1-3H3/t16-,17+,18-,19-,20+,21-,22+/m0/s1. The fourth-order valence-electron chi connectivity index (χ4n) is 5.09. The molecule has 7 atom stereocenters. The Morgan fingerprint density at radius 1 is 1.20 bits per heavy atom. The molecule has 3 nitrogen and oxygen atoms in total. The molecule has 0 unspecified atom stereocenters. The largest absolute Gasteiger partial charge is 0.392 e. The first-order chi connectivity index (χ1) is 12.0. The molecule has 2 saturated carbocycles. The van der Waals surface area contributed by atoms with E-state index in [4.69, 9.17) is 4.74 Å². The van der Waals surface area contributed by atoms with Gasteiger partial charge in [-0.15, -0.1) is 0 Å². The minimum Gasteiger partial charge on any atom is -0.392 e. The van der Waals surface area contributed by atoms with Crippen LogP contribution < -0.4 is 0 Å². The number of ether oxygens (including phenoxy) is 1. The van der Waals surface area contributed by atoms with Crippen LogP contribution in [0.4, 0.5) is 0 Å². The lowest BCUT2D eigenvalue weighted by Crippen LogP contribution is -2.19. The molecule has 0 radical (unpaired) electrons. The van der Waals surface area contributed by atoms with Crippen molar-refractivity contribution in [2.24, 2.45) is 29.6 Å². The molecule has 0 aromatic rings. The first-order valence-corrected chi connectivity index (χ1v) is 10.7. The summed E-state index contributed by atoms with van der Waals surface area (Å²) in [5.41, 5.74) is 0. The molecule has 146 valence electrons. The van der Waals surface area contributed by atoms with Crippen LogP contribution in [-0.2, 0) is 4.74 Å². The average molecular weight is 353 g/mol. The molecule has 2 fully saturated rings. The van der Waals surface area contributed by atoms with Crippen LogP contribution in [0.1, 0.15) is 72.1 Å². The van der Waals surface area contributed by atoms with Crippen molar-refractivity contribution < 1.29 is 14.9 Å². The Morgan fingerprint density at radius 2 is 2.00 bits per heavy atom. The van der Waals surface area contributed by atoms with Crippen LogP contribution in [0, 0.1) is 29.6 Å². The van der Waals surface area contributed by atoms with Gasteiger partial charge in [0.05, 0.1) is 12.2 Å². The van der Waals surface area contributed by atoms with Crippen LogP contribution in [0.15, 0.2) is 12.2 Å². The first-order valence-electron chi connectivity index (χ1n) is 10.7. The van der Waals surface area contributed by atoms with Gasteiger partial charge in [-0.3, -0.25) is 0 Å². The Kier molecular flexibility index (Phi) is 8.95. The second-order valence-corrected chi connectivity index (χ2v) is 8.56. The third kappa shape index (κ3) is 6.37. The number of aliphatic hydroxyl groups excluding tert-OH is 2. The summed E-state index contributed by atoms with van der Waals surface area (Å²) in [5, 5.41) is 20.8. The van der Waals surface area contributed by atoms with E-state index in [9.17, 15) is 10.2 Å². The monoisotopic (exact) mass is 352 g/mol. The van der Waals surface area contributed by atoms with Gasteiger partial charge in [0.15, 0.2) is 0 Å². The molecule has 0 aromatic heterocycles. The molecule has 3 heteroatoms. The summed E-state index contributed by atoms with van der Waals surface area (Å²) in [7, 11) is 0. The number of hydrogen-bond acceptors (Lipinski definition) is 3. The summed E-state index contributed by atoms with van der Waals surface area (Å²) in [4.78, 5) is 0. The predicted molar refractivity (Wildman–Crippen MR) is 103 cm³/mol. The first kappa shape index (κ1) is 20.9. The third-order valence-electron chi connectivity index (χ3n) is 6.45. The van der Waals surface area contributed by atoms with Crippen LogP contribution in [0.3, 0.4) is 0 Å². The van der Waals surface area contributed by atoms with E-state index in [1.165, 1.54) is 32.1 Å². The summed E-state index contributed by atoms with van der Waals surface area (Å²) in [5.74, 6) is 2.82. The average Bonchev–Trinajstić information content (AvgIpc) is 3.08. The molecule has 2 N–H and O–H groups in total. The number of rotatable bonds is 11. The zero-order valence-electron chi connectivity index (χ0n) is 16.6. The number of aliphatic hydroxyl groups is 2. The Labute approximate surface area is 154 Å². The zero-order chi connectivity index (χ0) is 18.2. The third-order valence-corrected chi connectivity index (χ3v) is 6.45. The van der Waals surface area contributed by atoms with Gasteiger partial charge in [-0.1, -0.05) is 45.3 Å². The van der Waals surface area contributed by atoms with Crippen LogP contribution in [0.5, 0.6) is 0 Å². The van der Waals surface area contributed by atoms with Gasteiger partial charge in [0.1, 0.15) is 0 Å². The second kappa shape index (κ2) is 10.7. The van der Waals surface area contributed by atoms with E-state index in [0.29, 0.717) is 17.8 Å². The maximum absolute atomic E-state index is 10.4. The number of fused-ring (bicyclic) bond motifs is 1. The SMILES string of the molecule is CCCC[C@H](C)C[C@@H](O)C=C[C@@H]1[C@H]2C[C@H](CCOCC)C[C@H]2C[C@H]1O. The lowest BCUT2D eigenvalue weighted by Gasteiger charge is -2.20. The molecule has 0 saturated heterocycles. The van der Waals surface area contributed by atoms with E-state index in [2.05, 4.69) is 26.8 Å². The van der Waals surface area contributed by atoms with Gasteiger partial charge in [-0.25, -0.2) is 0 Å². The maximum atomic E-state index is 10.4. The van der Waals surface area contributed by atoms with Gasteiger partial charge in [0.2, 0.25) is 0 Å². The summed E-state index contributed by atoms with van der Waals surface area (Å²) in [6, 6.07) is 0. The molecule has 0 bridgehead atoms. The van der Waals surface area contributed by atoms with Crippen molar-refractivity contribution in [2.45, 2.75) is 84.3 Å². The van der Waals surface area contributed by atoms with E-state index in [1.54, 1.807) is 0 Å². The highest BCUT2D eigenvalue weighted by molar-refractivity contribution is 5.06. The fraction of sp³-hybridized carbons (Fsp3) is 0.909. The lowest BCUT2D eigenvalue weighted by molar-refractivity contribution is 0.119. The minimum absolute atomic E-state index is 0.219. The molecule has 2 rings (SSSR count). The van der Waals surface area contributed by atoms with E-state index in [1.807, 2.05) is 6.08 Å². The van der Waals surface area contributed by atoms with Crippen molar-refractivity contribution in [3.8, 4) is 0 Å². The number of hydrogen-bond donors (Lipinski definition) is 2. The summed E-state index contributed by atoms with van der Waals surface area (Å²) in [6.45, 7) is 8.17. The van der Waals surface area contributed by atoms with Gasteiger partial charge in [0, 0.05) is 19.1 Å². The highest BCUT2D eigenvalue weighted by Gasteiger charge is 2.46. The van der Waals surface area contributed by atoms with Gasteiger partial charge in [0.25, 0.3) is 0 Å². The highest BCUT2D eigenvalue weighted by atomic mass is 16.5. The predicted octanol–water partition coefficient (Wildman–Crippen LogP) is 4.57. The highest BCUT2D eigenvalue weighted by Crippen LogP contribution is 2.51. The van der Waals surface area contributed by atoms with Crippen molar-refractivity contribution >= 4 is 0 Å². The van der Waals surface area contributed by atoms with E-state index < -0.39 is 0 Å². The fourth-order valence-corrected chi connectivity index (χ4v) is 5.09.